The quantitative estimate of drug-likeness (QED) is 0.214. The van der Waals surface area contributed by atoms with E-state index in [4.69, 9.17) is 5.73 Å². The van der Waals surface area contributed by atoms with E-state index in [0.29, 0.717) is 57.2 Å². The number of aliphatic carboxylic acids is 1. The highest BCUT2D eigenvalue weighted by Gasteiger charge is 2.38. The Balaban J connectivity index is 1.78. The van der Waals surface area contributed by atoms with Crippen molar-refractivity contribution < 1.29 is 29.4 Å². The molecule has 7 N–H and O–H groups in total. The molecule has 36 heavy (non-hydrogen) atoms. The average molecular weight is 504 g/mol. The third kappa shape index (κ3) is 7.41. The van der Waals surface area contributed by atoms with Crippen LogP contribution in [0.25, 0.3) is 0 Å². The van der Waals surface area contributed by atoms with Crippen LogP contribution in [0.15, 0.2) is 24.3 Å². The number of hydrogen-bond acceptors (Lipinski definition) is 7. The number of benzene rings is 1. The topological polar surface area (TPSA) is 174 Å². The van der Waals surface area contributed by atoms with Crippen molar-refractivity contribution in [3.8, 4) is 5.75 Å². The summed E-state index contributed by atoms with van der Waals surface area (Å²) >= 11 is 0. The van der Waals surface area contributed by atoms with Gasteiger partial charge >= 0.3 is 5.97 Å². The normalized spacial score (nSPS) is 21.1. The minimum atomic E-state index is -1.08. The lowest BCUT2D eigenvalue weighted by Crippen LogP contribution is -2.57. The van der Waals surface area contributed by atoms with Gasteiger partial charge in [0.2, 0.25) is 17.7 Å². The molecule has 4 atom stereocenters. The number of nitrogens with two attached hydrogens (primary N) is 1. The number of likely N-dealkylation sites (tertiary alicyclic amines) is 1. The summed E-state index contributed by atoms with van der Waals surface area (Å²) in [6.07, 6.45) is 4.27. The molecule has 2 heterocycles. The van der Waals surface area contributed by atoms with Crippen molar-refractivity contribution in [2.24, 2.45) is 5.73 Å². The average Bonchev–Trinajstić information content (AvgIpc) is 3.56. The Kier molecular flexibility index (Phi) is 10.1. The summed E-state index contributed by atoms with van der Waals surface area (Å²) in [5.74, 6) is -2.24. The molecule has 2 fully saturated rings. The van der Waals surface area contributed by atoms with Crippen LogP contribution in [0, 0.1) is 0 Å². The second-order valence-corrected chi connectivity index (χ2v) is 9.45. The van der Waals surface area contributed by atoms with Crippen molar-refractivity contribution in [1.29, 1.82) is 0 Å². The molecular formula is C25H37N5O6. The second-order valence-electron chi connectivity index (χ2n) is 9.45. The van der Waals surface area contributed by atoms with E-state index in [9.17, 15) is 29.4 Å². The molecule has 0 aromatic heterocycles. The highest BCUT2D eigenvalue weighted by atomic mass is 16.4. The Hall–Kier alpha value is -3.18. The molecule has 2 aliphatic heterocycles. The largest absolute Gasteiger partial charge is 0.508 e. The molecule has 3 rings (SSSR count). The van der Waals surface area contributed by atoms with Gasteiger partial charge < -0.3 is 36.8 Å². The van der Waals surface area contributed by atoms with Crippen LogP contribution in [-0.4, -0.2) is 82.6 Å². The zero-order valence-corrected chi connectivity index (χ0v) is 20.4. The zero-order chi connectivity index (χ0) is 26.1. The van der Waals surface area contributed by atoms with Gasteiger partial charge in [0.1, 0.15) is 23.9 Å². The Morgan fingerprint density at radius 3 is 2.44 bits per heavy atom. The van der Waals surface area contributed by atoms with Gasteiger partial charge in [-0.15, -0.1) is 0 Å². The fourth-order valence-corrected chi connectivity index (χ4v) is 4.77. The van der Waals surface area contributed by atoms with Crippen molar-refractivity contribution in [1.82, 2.24) is 20.9 Å². The van der Waals surface area contributed by atoms with Crippen molar-refractivity contribution in [3.05, 3.63) is 29.8 Å². The third-order valence-corrected chi connectivity index (χ3v) is 6.77. The summed E-state index contributed by atoms with van der Waals surface area (Å²) in [5, 5.41) is 27.9. The molecule has 1 aromatic rings. The van der Waals surface area contributed by atoms with E-state index in [2.05, 4.69) is 16.0 Å². The van der Waals surface area contributed by atoms with Gasteiger partial charge in [-0.25, -0.2) is 4.79 Å². The van der Waals surface area contributed by atoms with Gasteiger partial charge in [-0.1, -0.05) is 12.1 Å². The Morgan fingerprint density at radius 1 is 1.06 bits per heavy atom. The lowest BCUT2D eigenvalue weighted by molar-refractivity contribution is -0.149. The first-order chi connectivity index (χ1) is 17.3. The molecule has 0 radical (unpaired) electrons. The minimum Gasteiger partial charge on any atom is -0.508 e. The number of carboxylic acids is 1. The number of rotatable bonds is 12. The maximum absolute atomic E-state index is 13.5. The fraction of sp³-hybridized carbons (Fsp3) is 0.600. The van der Waals surface area contributed by atoms with Gasteiger partial charge in [-0.2, -0.15) is 0 Å². The van der Waals surface area contributed by atoms with Crippen molar-refractivity contribution in [2.45, 2.75) is 75.5 Å². The molecule has 0 saturated carbocycles. The number of hydrogen-bond donors (Lipinski definition) is 6. The van der Waals surface area contributed by atoms with E-state index < -0.39 is 35.9 Å². The number of phenolic OH excluding ortho intramolecular Hbond substituents is 1. The van der Waals surface area contributed by atoms with Crippen molar-refractivity contribution in [2.75, 3.05) is 19.6 Å². The number of carboxylic acid groups (broad SMARTS) is 1. The number of phenols is 1. The van der Waals surface area contributed by atoms with Crippen molar-refractivity contribution in [3.63, 3.8) is 0 Å². The summed E-state index contributed by atoms with van der Waals surface area (Å²) in [6.45, 7) is 1.49. The molecule has 1 aromatic carbocycles. The monoisotopic (exact) mass is 503 g/mol. The molecule has 11 nitrogen and oxygen atoms in total. The van der Waals surface area contributed by atoms with Crippen LogP contribution < -0.4 is 21.7 Å². The van der Waals surface area contributed by atoms with E-state index in [0.717, 1.165) is 13.0 Å². The molecule has 0 spiro atoms. The van der Waals surface area contributed by atoms with Crippen LogP contribution in [0.2, 0.25) is 0 Å². The Bertz CT molecular complexity index is 918. The standard InChI is InChI=1S/C25H37N5O6/c26-12-2-1-5-19(28-22(32)18-6-3-13-27-18)23(33)29-20(15-16-8-10-17(31)11-9-16)24(34)30-14-4-7-21(30)25(35)36/h8-11,18-21,27,31H,1-7,12-15,26H2,(H,28,32)(H,29,33)(H,35,36). The lowest BCUT2D eigenvalue weighted by atomic mass is 10.0. The van der Waals surface area contributed by atoms with Crippen LogP contribution in [0.1, 0.15) is 50.5 Å². The Morgan fingerprint density at radius 2 is 1.81 bits per heavy atom. The summed E-state index contributed by atoms with van der Waals surface area (Å²) < 4.78 is 0. The first-order valence-electron chi connectivity index (χ1n) is 12.7. The fourth-order valence-electron chi connectivity index (χ4n) is 4.77. The SMILES string of the molecule is NCCCCC(NC(=O)C1CCCN1)C(=O)NC(Cc1ccc(O)cc1)C(=O)N1CCCC1C(=O)O. The van der Waals surface area contributed by atoms with Gasteiger partial charge in [-0.05, 0) is 75.7 Å². The number of carbonyl (C=O) groups is 4. The van der Waals surface area contributed by atoms with E-state index >= 15 is 0 Å². The second kappa shape index (κ2) is 13.2. The summed E-state index contributed by atoms with van der Waals surface area (Å²) in [4.78, 5) is 52.5. The smallest absolute Gasteiger partial charge is 0.326 e. The molecular weight excluding hydrogens is 466 g/mol. The highest BCUT2D eigenvalue weighted by Crippen LogP contribution is 2.20. The van der Waals surface area contributed by atoms with E-state index in [1.807, 2.05) is 0 Å². The number of nitrogens with zero attached hydrogens (tertiary/aromatic N) is 1. The number of aromatic hydroxyl groups is 1. The van der Waals surface area contributed by atoms with Crippen LogP contribution in [0.3, 0.4) is 0 Å². The summed E-state index contributed by atoms with van der Waals surface area (Å²) in [6, 6.07) is 3.09. The molecule has 2 saturated heterocycles. The predicted molar refractivity (Wildman–Crippen MR) is 132 cm³/mol. The van der Waals surface area contributed by atoms with Crippen LogP contribution in [0.4, 0.5) is 0 Å². The number of amides is 3. The summed E-state index contributed by atoms with van der Waals surface area (Å²) in [5.41, 5.74) is 6.29. The molecule has 0 aliphatic carbocycles. The highest BCUT2D eigenvalue weighted by molar-refractivity contribution is 5.94. The van der Waals surface area contributed by atoms with Gasteiger partial charge in [0.25, 0.3) is 0 Å². The molecule has 4 unspecified atom stereocenters. The van der Waals surface area contributed by atoms with Crippen molar-refractivity contribution >= 4 is 23.7 Å². The predicted octanol–water partition coefficient (Wildman–Crippen LogP) is -0.139. The third-order valence-electron chi connectivity index (χ3n) is 6.77. The number of carbonyl (C=O) groups excluding carboxylic acids is 3. The van der Waals surface area contributed by atoms with Crippen LogP contribution in [-0.2, 0) is 25.6 Å². The molecule has 198 valence electrons. The van der Waals surface area contributed by atoms with Gasteiger partial charge in [0.15, 0.2) is 0 Å². The Labute approximate surface area is 210 Å². The van der Waals surface area contributed by atoms with E-state index in [1.54, 1.807) is 12.1 Å². The number of unbranched alkanes of at least 4 members (excludes halogenated alkanes) is 1. The van der Waals surface area contributed by atoms with Gasteiger partial charge in [-0.3, -0.25) is 14.4 Å². The maximum atomic E-state index is 13.5. The molecule has 11 heteroatoms. The molecule has 0 bridgehead atoms. The lowest BCUT2D eigenvalue weighted by Gasteiger charge is -2.29. The van der Waals surface area contributed by atoms with E-state index in [1.165, 1.54) is 17.0 Å². The molecule has 3 amide bonds. The van der Waals surface area contributed by atoms with Gasteiger partial charge in [0.05, 0.1) is 6.04 Å². The summed E-state index contributed by atoms with van der Waals surface area (Å²) in [7, 11) is 0. The number of nitrogens with one attached hydrogen (secondary N) is 3. The maximum Gasteiger partial charge on any atom is 0.326 e. The van der Waals surface area contributed by atoms with Crippen LogP contribution >= 0.6 is 0 Å². The zero-order valence-electron chi connectivity index (χ0n) is 20.4. The van der Waals surface area contributed by atoms with Crippen LogP contribution in [0.5, 0.6) is 5.75 Å². The first-order valence-corrected chi connectivity index (χ1v) is 12.7. The molecule has 2 aliphatic rings. The first kappa shape index (κ1) is 27.4. The van der Waals surface area contributed by atoms with Gasteiger partial charge in [0, 0.05) is 13.0 Å². The van der Waals surface area contributed by atoms with E-state index in [-0.39, 0.29) is 24.1 Å². The minimum absolute atomic E-state index is 0.0688.